The van der Waals surface area contributed by atoms with Crippen molar-refractivity contribution in [2.75, 3.05) is 39.3 Å². The lowest BCUT2D eigenvalue weighted by Gasteiger charge is -2.43. The third-order valence-electron chi connectivity index (χ3n) is 5.13. The smallest absolute Gasteiger partial charge is 0.0126 e. The summed E-state index contributed by atoms with van der Waals surface area (Å²) in [4.78, 5) is 5.34. The van der Waals surface area contributed by atoms with Crippen molar-refractivity contribution in [2.24, 2.45) is 5.92 Å². The lowest BCUT2D eigenvalue weighted by atomic mass is 10.0. The van der Waals surface area contributed by atoms with Crippen molar-refractivity contribution in [3.05, 3.63) is 0 Å². The molecule has 1 N–H and O–H groups in total. The monoisotopic (exact) mass is 281 g/mol. The van der Waals surface area contributed by atoms with E-state index in [1.54, 1.807) is 0 Å². The van der Waals surface area contributed by atoms with E-state index in [1.165, 1.54) is 65.0 Å². The van der Waals surface area contributed by atoms with Crippen molar-refractivity contribution in [1.29, 1.82) is 0 Å². The van der Waals surface area contributed by atoms with Gasteiger partial charge in [0.05, 0.1) is 0 Å². The highest BCUT2D eigenvalue weighted by Gasteiger charge is 2.31. The van der Waals surface area contributed by atoms with Gasteiger partial charge in [0.2, 0.25) is 0 Å². The van der Waals surface area contributed by atoms with Crippen LogP contribution in [0.1, 0.15) is 53.4 Å². The second-order valence-electron chi connectivity index (χ2n) is 7.71. The van der Waals surface area contributed by atoms with Crippen LogP contribution >= 0.6 is 0 Å². The predicted octanol–water partition coefficient (Wildman–Crippen LogP) is 2.57. The molecule has 0 amide bonds. The highest BCUT2D eigenvalue weighted by molar-refractivity contribution is 4.88. The summed E-state index contributed by atoms with van der Waals surface area (Å²) in [5.74, 6) is 0.891. The van der Waals surface area contributed by atoms with E-state index in [2.05, 4.69) is 42.8 Å². The van der Waals surface area contributed by atoms with Crippen LogP contribution in [0, 0.1) is 5.92 Å². The standard InChI is InChI=1S/C17H35N3/c1-5-9-18-16-8-6-7-15(16)14-19-10-12-20(13-11-19)17(2,3)4/h15-16,18H,5-14H2,1-4H3. The molecule has 0 aromatic rings. The van der Waals surface area contributed by atoms with Gasteiger partial charge >= 0.3 is 0 Å². The van der Waals surface area contributed by atoms with Gasteiger partial charge in [-0.05, 0) is 52.5 Å². The van der Waals surface area contributed by atoms with Crippen LogP contribution in [-0.2, 0) is 0 Å². The molecule has 1 heterocycles. The van der Waals surface area contributed by atoms with Gasteiger partial charge in [-0.1, -0.05) is 13.3 Å². The number of nitrogens with one attached hydrogen (secondary N) is 1. The van der Waals surface area contributed by atoms with E-state index in [-0.39, 0.29) is 0 Å². The van der Waals surface area contributed by atoms with Crippen molar-refractivity contribution < 1.29 is 0 Å². The molecule has 2 unspecified atom stereocenters. The number of hydrogen-bond donors (Lipinski definition) is 1. The van der Waals surface area contributed by atoms with Gasteiger partial charge in [-0.2, -0.15) is 0 Å². The number of hydrogen-bond acceptors (Lipinski definition) is 3. The Bertz CT molecular complexity index is 276. The molecule has 0 aromatic heterocycles. The fraction of sp³-hybridized carbons (Fsp3) is 1.00. The quantitative estimate of drug-likeness (QED) is 0.835. The molecule has 1 aliphatic heterocycles. The maximum Gasteiger partial charge on any atom is 0.0126 e. The number of nitrogens with zero attached hydrogens (tertiary/aromatic N) is 2. The number of piperazine rings is 1. The molecule has 0 spiro atoms. The molecule has 2 aliphatic rings. The molecule has 2 atom stereocenters. The molecule has 0 aromatic carbocycles. The Morgan fingerprint density at radius 1 is 1.05 bits per heavy atom. The van der Waals surface area contributed by atoms with E-state index >= 15 is 0 Å². The zero-order chi connectivity index (χ0) is 14.6. The maximum absolute atomic E-state index is 3.77. The first kappa shape index (κ1) is 16.3. The van der Waals surface area contributed by atoms with E-state index < -0.39 is 0 Å². The molecule has 2 fully saturated rings. The van der Waals surface area contributed by atoms with Crippen LogP contribution in [-0.4, -0.2) is 60.6 Å². The van der Waals surface area contributed by atoms with Gasteiger partial charge in [-0.15, -0.1) is 0 Å². The molecule has 0 bridgehead atoms. The molecule has 3 heteroatoms. The Balaban J connectivity index is 1.74. The molecule has 20 heavy (non-hydrogen) atoms. The van der Waals surface area contributed by atoms with Crippen LogP contribution in [0.15, 0.2) is 0 Å². The summed E-state index contributed by atoms with van der Waals surface area (Å²) in [6, 6.07) is 0.788. The summed E-state index contributed by atoms with van der Waals surface area (Å²) >= 11 is 0. The van der Waals surface area contributed by atoms with Crippen LogP contribution in [0.4, 0.5) is 0 Å². The summed E-state index contributed by atoms with van der Waals surface area (Å²) < 4.78 is 0. The van der Waals surface area contributed by atoms with Crippen LogP contribution in [0.2, 0.25) is 0 Å². The van der Waals surface area contributed by atoms with E-state index in [4.69, 9.17) is 0 Å². The van der Waals surface area contributed by atoms with Crippen molar-refractivity contribution in [3.63, 3.8) is 0 Å². The first-order chi connectivity index (χ1) is 9.50. The first-order valence-electron chi connectivity index (χ1n) is 8.71. The average molecular weight is 281 g/mol. The van der Waals surface area contributed by atoms with Gasteiger partial charge < -0.3 is 10.2 Å². The van der Waals surface area contributed by atoms with Crippen LogP contribution in [0.3, 0.4) is 0 Å². The summed E-state index contributed by atoms with van der Waals surface area (Å²) in [6.07, 6.45) is 5.51. The molecular weight excluding hydrogens is 246 g/mol. The number of rotatable bonds is 5. The van der Waals surface area contributed by atoms with Gasteiger partial charge in [0.15, 0.2) is 0 Å². The minimum Gasteiger partial charge on any atom is -0.314 e. The molecular formula is C17H35N3. The maximum atomic E-state index is 3.77. The SMILES string of the molecule is CCCNC1CCCC1CN1CCN(C(C)(C)C)CC1. The first-order valence-corrected chi connectivity index (χ1v) is 8.71. The van der Waals surface area contributed by atoms with Gasteiger partial charge in [-0.25, -0.2) is 0 Å². The summed E-state index contributed by atoms with van der Waals surface area (Å²) in [7, 11) is 0. The van der Waals surface area contributed by atoms with Crippen LogP contribution < -0.4 is 5.32 Å². The third-order valence-corrected chi connectivity index (χ3v) is 5.13. The molecule has 118 valence electrons. The predicted molar refractivity (Wildman–Crippen MR) is 87.2 cm³/mol. The Morgan fingerprint density at radius 2 is 1.75 bits per heavy atom. The van der Waals surface area contributed by atoms with Crippen LogP contribution in [0.25, 0.3) is 0 Å². The molecule has 3 nitrogen and oxygen atoms in total. The zero-order valence-corrected chi connectivity index (χ0v) is 14.1. The summed E-state index contributed by atoms with van der Waals surface area (Å²) in [6.45, 7) is 16.8. The van der Waals surface area contributed by atoms with E-state index in [1.807, 2.05) is 0 Å². The third kappa shape index (κ3) is 4.44. The van der Waals surface area contributed by atoms with Crippen molar-refractivity contribution in [2.45, 2.75) is 65.0 Å². The normalized spacial score (nSPS) is 30.0. The second-order valence-corrected chi connectivity index (χ2v) is 7.71. The van der Waals surface area contributed by atoms with E-state index in [0.717, 1.165) is 12.0 Å². The lowest BCUT2D eigenvalue weighted by Crippen LogP contribution is -2.54. The van der Waals surface area contributed by atoms with Crippen molar-refractivity contribution >= 4 is 0 Å². The topological polar surface area (TPSA) is 18.5 Å². The largest absolute Gasteiger partial charge is 0.314 e. The van der Waals surface area contributed by atoms with E-state index in [9.17, 15) is 0 Å². The fourth-order valence-corrected chi connectivity index (χ4v) is 3.79. The van der Waals surface area contributed by atoms with Gasteiger partial charge in [0.1, 0.15) is 0 Å². The Labute approximate surface area is 126 Å². The van der Waals surface area contributed by atoms with Gasteiger partial charge in [0, 0.05) is 44.3 Å². The lowest BCUT2D eigenvalue weighted by molar-refractivity contribution is 0.0537. The van der Waals surface area contributed by atoms with Gasteiger partial charge in [0.25, 0.3) is 0 Å². The Kier molecular flexibility index (Phi) is 5.88. The van der Waals surface area contributed by atoms with Crippen LogP contribution in [0.5, 0.6) is 0 Å². The molecule has 2 rings (SSSR count). The highest BCUT2D eigenvalue weighted by atomic mass is 15.3. The van der Waals surface area contributed by atoms with Gasteiger partial charge in [-0.3, -0.25) is 4.90 Å². The van der Waals surface area contributed by atoms with Crippen molar-refractivity contribution in [3.8, 4) is 0 Å². The average Bonchev–Trinajstić information content (AvgIpc) is 2.83. The summed E-state index contributed by atoms with van der Waals surface area (Å²) in [5, 5.41) is 3.77. The molecule has 0 radical (unpaired) electrons. The minimum absolute atomic E-state index is 0.338. The second kappa shape index (κ2) is 7.24. The molecule has 1 saturated carbocycles. The fourth-order valence-electron chi connectivity index (χ4n) is 3.79. The molecule has 1 aliphatic carbocycles. The Morgan fingerprint density at radius 3 is 2.35 bits per heavy atom. The summed E-state index contributed by atoms with van der Waals surface area (Å²) in [5.41, 5.74) is 0.338. The Hall–Kier alpha value is -0.120. The molecule has 1 saturated heterocycles. The zero-order valence-electron chi connectivity index (χ0n) is 14.1. The van der Waals surface area contributed by atoms with E-state index in [0.29, 0.717) is 5.54 Å². The highest BCUT2D eigenvalue weighted by Crippen LogP contribution is 2.27. The van der Waals surface area contributed by atoms with Crippen molar-refractivity contribution in [1.82, 2.24) is 15.1 Å². The minimum atomic E-state index is 0.338.